The van der Waals surface area contributed by atoms with Gasteiger partial charge in [0.15, 0.2) is 16.7 Å². The van der Waals surface area contributed by atoms with E-state index in [2.05, 4.69) is 15.5 Å². The monoisotopic (exact) mass is 372 g/mol. The summed E-state index contributed by atoms with van der Waals surface area (Å²) < 4.78 is 12.5. The minimum atomic E-state index is -0.0487. The Morgan fingerprint density at radius 2 is 2.12 bits per heavy atom. The molecule has 0 saturated carbocycles. The van der Waals surface area contributed by atoms with E-state index in [1.54, 1.807) is 19.4 Å². The summed E-state index contributed by atoms with van der Waals surface area (Å²) in [5.74, 6) is 2.34. The second-order valence-corrected chi connectivity index (χ2v) is 6.49. The number of hydrogen-bond acceptors (Lipinski definition) is 6. The molecule has 7 nitrogen and oxygen atoms in total. The van der Waals surface area contributed by atoms with Crippen molar-refractivity contribution in [3.8, 4) is 17.3 Å². The van der Waals surface area contributed by atoms with Gasteiger partial charge in [-0.15, -0.1) is 10.2 Å². The van der Waals surface area contributed by atoms with Crippen molar-refractivity contribution < 1.29 is 13.9 Å². The molecule has 26 heavy (non-hydrogen) atoms. The molecule has 0 fully saturated rings. The number of furan rings is 1. The average molecular weight is 372 g/mol. The first-order valence-electron chi connectivity index (χ1n) is 8.13. The Kier molecular flexibility index (Phi) is 5.96. The summed E-state index contributed by atoms with van der Waals surface area (Å²) in [6, 6.07) is 11.4. The number of para-hydroxylation sites is 1. The average Bonchev–Trinajstić information content (AvgIpc) is 3.30. The first kappa shape index (κ1) is 18.1. The van der Waals surface area contributed by atoms with E-state index >= 15 is 0 Å². The summed E-state index contributed by atoms with van der Waals surface area (Å²) in [6.07, 6.45) is 2.30. The van der Waals surface area contributed by atoms with Crippen LogP contribution in [0.2, 0.25) is 0 Å². The van der Waals surface area contributed by atoms with Crippen LogP contribution < -0.4 is 10.1 Å². The van der Waals surface area contributed by atoms with E-state index in [0.717, 1.165) is 11.3 Å². The maximum Gasteiger partial charge on any atom is 0.230 e. The molecule has 1 aromatic carbocycles. The maximum atomic E-state index is 12.1. The maximum absolute atomic E-state index is 12.1. The molecule has 3 rings (SSSR count). The van der Waals surface area contributed by atoms with E-state index < -0.39 is 0 Å². The van der Waals surface area contributed by atoms with Crippen LogP contribution in [0.3, 0.4) is 0 Å². The second-order valence-electron chi connectivity index (χ2n) is 5.54. The third-order valence-electron chi connectivity index (χ3n) is 3.82. The number of nitrogens with one attached hydrogen (secondary N) is 1. The van der Waals surface area contributed by atoms with Gasteiger partial charge in [0.05, 0.1) is 19.1 Å². The zero-order chi connectivity index (χ0) is 18.4. The van der Waals surface area contributed by atoms with Crippen LogP contribution in [-0.2, 0) is 18.3 Å². The Bertz CT molecular complexity index is 861. The summed E-state index contributed by atoms with van der Waals surface area (Å²) in [4.78, 5) is 12.1. The highest BCUT2D eigenvalue weighted by Gasteiger charge is 2.14. The number of ether oxygens (including phenoxy) is 1. The minimum absolute atomic E-state index is 0.0487. The zero-order valence-electron chi connectivity index (χ0n) is 14.6. The summed E-state index contributed by atoms with van der Waals surface area (Å²) in [5.41, 5.74) is 1.07. The Hall–Kier alpha value is -2.74. The molecule has 0 aliphatic rings. The summed E-state index contributed by atoms with van der Waals surface area (Å²) >= 11 is 1.34. The smallest absolute Gasteiger partial charge is 0.230 e. The molecule has 1 amide bonds. The highest BCUT2D eigenvalue weighted by molar-refractivity contribution is 7.99. The number of hydrogen-bond donors (Lipinski definition) is 1. The van der Waals surface area contributed by atoms with Gasteiger partial charge >= 0.3 is 0 Å². The van der Waals surface area contributed by atoms with Gasteiger partial charge in [-0.3, -0.25) is 4.79 Å². The summed E-state index contributed by atoms with van der Waals surface area (Å²) in [5, 5.41) is 11.8. The van der Waals surface area contributed by atoms with Crippen LogP contribution in [0.1, 0.15) is 5.56 Å². The molecule has 2 heterocycles. The fourth-order valence-corrected chi connectivity index (χ4v) is 3.23. The van der Waals surface area contributed by atoms with Gasteiger partial charge in [0.25, 0.3) is 0 Å². The van der Waals surface area contributed by atoms with E-state index in [1.807, 2.05) is 41.9 Å². The SMILES string of the molecule is COc1ccccc1CCNC(=O)CSc1nnc(-c2ccco2)n1C. The number of benzene rings is 1. The van der Waals surface area contributed by atoms with Gasteiger partial charge in [-0.05, 0) is 30.2 Å². The normalized spacial score (nSPS) is 10.7. The number of methoxy groups -OCH3 is 1. The number of rotatable bonds is 8. The number of aromatic nitrogens is 3. The lowest BCUT2D eigenvalue weighted by atomic mass is 10.1. The van der Waals surface area contributed by atoms with Crippen LogP contribution in [0.25, 0.3) is 11.6 Å². The Morgan fingerprint density at radius 1 is 1.27 bits per heavy atom. The van der Waals surface area contributed by atoms with E-state index in [-0.39, 0.29) is 11.7 Å². The molecule has 3 aromatic rings. The third kappa shape index (κ3) is 4.26. The highest BCUT2D eigenvalue weighted by atomic mass is 32.2. The van der Waals surface area contributed by atoms with Crippen LogP contribution in [0, 0.1) is 0 Å². The lowest BCUT2D eigenvalue weighted by molar-refractivity contribution is -0.118. The first-order valence-corrected chi connectivity index (χ1v) is 9.12. The molecule has 0 aliphatic carbocycles. The standard InChI is InChI=1S/C18H20N4O3S/c1-22-17(15-8-5-11-25-15)20-21-18(22)26-12-16(23)19-10-9-13-6-3-4-7-14(13)24-2/h3-8,11H,9-10,12H2,1-2H3,(H,19,23). The van der Waals surface area contributed by atoms with Crippen molar-refractivity contribution in [1.82, 2.24) is 20.1 Å². The molecule has 0 spiro atoms. The largest absolute Gasteiger partial charge is 0.496 e. The lowest BCUT2D eigenvalue weighted by Gasteiger charge is -2.09. The summed E-state index contributed by atoms with van der Waals surface area (Å²) in [7, 11) is 3.49. The van der Waals surface area contributed by atoms with Gasteiger partial charge in [-0.2, -0.15) is 0 Å². The number of carbonyl (C=O) groups excluding carboxylic acids is 1. The van der Waals surface area contributed by atoms with Crippen LogP contribution >= 0.6 is 11.8 Å². The van der Waals surface area contributed by atoms with Crippen molar-refractivity contribution in [1.29, 1.82) is 0 Å². The Balaban J connectivity index is 1.47. The van der Waals surface area contributed by atoms with Crippen molar-refractivity contribution in [2.45, 2.75) is 11.6 Å². The summed E-state index contributed by atoms with van der Waals surface area (Å²) in [6.45, 7) is 0.552. The van der Waals surface area contributed by atoms with Crippen molar-refractivity contribution in [3.05, 3.63) is 48.2 Å². The van der Waals surface area contributed by atoms with Crippen molar-refractivity contribution in [3.63, 3.8) is 0 Å². The Morgan fingerprint density at radius 3 is 2.88 bits per heavy atom. The van der Waals surface area contributed by atoms with E-state index in [4.69, 9.17) is 9.15 Å². The predicted molar refractivity (Wildman–Crippen MR) is 99.1 cm³/mol. The molecular formula is C18H20N4O3S. The van der Waals surface area contributed by atoms with Gasteiger partial charge in [-0.1, -0.05) is 30.0 Å². The minimum Gasteiger partial charge on any atom is -0.496 e. The van der Waals surface area contributed by atoms with E-state index in [9.17, 15) is 4.79 Å². The number of amides is 1. The lowest BCUT2D eigenvalue weighted by Crippen LogP contribution is -2.27. The van der Waals surface area contributed by atoms with Gasteiger partial charge in [-0.25, -0.2) is 0 Å². The molecule has 0 atom stereocenters. The highest BCUT2D eigenvalue weighted by Crippen LogP contribution is 2.22. The zero-order valence-corrected chi connectivity index (χ0v) is 15.5. The molecule has 0 bridgehead atoms. The number of nitrogens with zero attached hydrogens (tertiary/aromatic N) is 3. The van der Waals surface area contributed by atoms with Crippen LogP contribution in [0.15, 0.2) is 52.2 Å². The van der Waals surface area contributed by atoms with Crippen molar-refractivity contribution >= 4 is 17.7 Å². The number of thioether (sulfide) groups is 1. The quantitative estimate of drug-likeness (QED) is 0.612. The third-order valence-corrected chi connectivity index (χ3v) is 4.84. The molecule has 2 aromatic heterocycles. The molecule has 0 unspecified atom stereocenters. The molecule has 0 aliphatic heterocycles. The van der Waals surface area contributed by atoms with Crippen LogP contribution in [0.4, 0.5) is 0 Å². The number of carbonyl (C=O) groups is 1. The van der Waals surface area contributed by atoms with Crippen LogP contribution in [0.5, 0.6) is 5.75 Å². The molecular weight excluding hydrogens is 352 g/mol. The molecule has 8 heteroatoms. The van der Waals surface area contributed by atoms with E-state index in [0.29, 0.717) is 29.7 Å². The Labute approximate surface area is 155 Å². The van der Waals surface area contributed by atoms with Gasteiger partial charge < -0.3 is 19.0 Å². The fraction of sp³-hybridized carbons (Fsp3) is 0.278. The first-order chi connectivity index (χ1) is 12.7. The van der Waals surface area contributed by atoms with Crippen molar-refractivity contribution in [2.24, 2.45) is 7.05 Å². The molecule has 0 radical (unpaired) electrons. The van der Waals surface area contributed by atoms with Crippen molar-refractivity contribution in [2.75, 3.05) is 19.4 Å². The van der Waals surface area contributed by atoms with Gasteiger partial charge in [0.2, 0.25) is 5.91 Å². The van der Waals surface area contributed by atoms with Gasteiger partial charge in [0.1, 0.15) is 5.75 Å². The molecule has 136 valence electrons. The predicted octanol–water partition coefficient (Wildman–Crippen LogP) is 2.53. The van der Waals surface area contributed by atoms with Gasteiger partial charge in [0, 0.05) is 13.6 Å². The second kappa shape index (κ2) is 8.57. The van der Waals surface area contributed by atoms with E-state index in [1.165, 1.54) is 11.8 Å². The topological polar surface area (TPSA) is 82.2 Å². The molecule has 1 N–H and O–H groups in total. The van der Waals surface area contributed by atoms with Crippen LogP contribution in [-0.4, -0.2) is 40.1 Å². The molecule has 0 saturated heterocycles. The fourth-order valence-electron chi connectivity index (χ4n) is 2.49.